The molecule has 0 spiro atoms. The normalized spacial score (nSPS) is 22.0. The van der Waals surface area contributed by atoms with E-state index in [-0.39, 0.29) is 30.3 Å². The predicted octanol–water partition coefficient (Wildman–Crippen LogP) is 1.31. The van der Waals surface area contributed by atoms with Crippen LogP contribution in [-0.2, 0) is 9.59 Å². The van der Waals surface area contributed by atoms with Crippen LogP contribution < -0.4 is 10.6 Å². The Kier molecular flexibility index (Phi) is 5.85. The molecular formula is C22H30N4O3. The molecule has 0 bridgehead atoms. The maximum atomic E-state index is 13.0. The standard InChI is InChI=1S/C22H30N4O3/c1-23-11-8-15-9-12-25(13-10-15)19(27)14-24-21(28)20-17-4-2-3-5-18(17)22(29)26(20)16-6-7-16/h2-5,15-16,20,23H,6-14H2,1H3,(H,24,28). The molecule has 1 atom stereocenters. The highest BCUT2D eigenvalue weighted by molar-refractivity contribution is 6.05. The van der Waals surface area contributed by atoms with Gasteiger partial charge in [-0.3, -0.25) is 14.4 Å². The smallest absolute Gasteiger partial charge is 0.255 e. The SMILES string of the molecule is CNCCC1CCN(C(=O)CNC(=O)C2c3ccccc3C(=O)N2C2CC2)CC1. The average Bonchev–Trinajstić information content (AvgIpc) is 3.54. The molecule has 4 rings (SSSR count). The van der Waals surface area contributed by atoms with Gasteiger partial charge in [0.2, 0.25) is 11.8 Å². The zero-order chi connectivity index (χ0) is 20.4. The highest BCUT2D eigenvalue weighted by Crippen LogP contribution is 2.41. The minimum atomic E-state index is -0.619. The first kappa shape index (κ1) is 19.9. The van der Waals surface area contributed by atoms with Crippen molar-refractivity contribution in [1.29, 1.82) is 0 Å². The maximum Gasteiger partial charge on any atom is 0.255 e. The van der Waals surface area contributed by atoms with Gasteiger partial charge in [0, 0.05) is 24.7 Å². The van der Waals surface area contributed by atoms with Crippen molar-refractivity contribution in [2.45, 2.75) is 44.2 Å². The number of rotatable bonds is 7. The summed E-state index contributed by atoms with van der Waals surface area (Å²) in [5.41, 5.74) is 1.36. The van der Waals surface area contributed by atoms with E-state index in [4.69, 9.17) is 0 Å². The van der Waals surface area contributed by atoms with Gasteiger partial charge in [-0.25, -0.2) is 0 Å². The Morgan fingerprint density at radius 1 is 1.10 bits per heavy atom. The van der Waals surface area contributed by atoms with Crippen LogP contribution in [0.15, 0.2) is 24.3 Å². The van der Waals surface area contributed by atoms with Gasteiger partial charge in [0.05, 0.1) is 6.54 Å². The van der Waals surface area contributed by atoms with Crippen molar-refractivity contribution in [3.05, 3.63) is 35.4 Å². The van der Waals surface area contributed by atoms with Gasteiger partial charge in [0.25, 0.3) is 5.91 Å². The lowest BCUT2D eigenvalue weighted by Gasteiger charge is -2.32. The van der Waals surface area contributed by atoms with Crippen molar-refractivity contribution in [3.63, 3.8) is 0 Å². The van der Waals surface area contributed by atoms with Crippen LogP contribution in [-0.4, -0.2) is 66.8 Å². The number of hydrogen-bond donors (Lipinski definition) is 2. The van der Waals surface area contributed by atoms with Crippen LogP contribution in [0, 0.1) is 5.92 Å². The number of hydrogen-bond acceptors (Lipinski definition) is 4. The summed E-state index contributed by atoms with van der Waals surface area (Å²) in [5.74, 6) is 0.292. The number of fused-ring (bicyclic) bond motifs is 1. The summed E-state index contributed by atoms with van der Waals surface area (Å²) in [6.45, 7) is 2.50. The highest BCUT2D eigenvalue weighted by atomic mass is 16.2. The minimum Gasteiger partial charge on any atom is -0.345 e. The Hall–Kier alpha value is -2.41. The maximum absolute atomic E-state index is 13.0. The van der Waals surface area contributed by atoms with Crippen molar-refractivity contribution in [3.8, 4) is 0 Å². The third-order valence-corrected chi connectivity index (χ3v) is 6.37. The predicted molar refractivity (Wildman–Crippen MR) is 109 cm³/mol. The molecule has 7 heteroatoms. The van der Waals surface area contributed by atoms with Crippen LogP contribution in [0.1, 0.15) is 54.1 Å². The highest BCUT2D eigenvalue weighted by Gasteiger charge is 2.47. The number of carbonyl (C=O) groups is 3. The number of benzene rings is 1. The van der Waals surface area contributed by atoms with Gasteiger partial charge < -0.3 is 20.4 Å². The zero-order valence-corrected chi connectivity index (χ0v) is 17.0. The van der Waals surface area contributed by atoms with Gasteiger partial charge in [-0.15, -0.1) is 0 Å². The molecule has 156 valence electrons. The average molecular weight is 399 g/mol. The molecule has 2 fully saturated rings. The molecule has 2 N–H and O–H groups in total. The third kappa shape index (κ3) is 4.15. The van der Waals surface area contributed by atoms with E-state index in [1.54, 1.807) is 11.0 Å². The van der Waals surface area contributed by atoms with Gasteiger partial charge in [0.15, 0.2) is 0 Å². The van der Waals surface area contributed by atoms with Crippen LogP contribution in [0.5, 0.6) is 0 Å². The van der Waals surface area contributed by atoms with E-state index in [0.717, 1.165) is 57.3 Å². The summed E-state index contributed by atoms with van der Waals surface area (Å²) >= 11 is 0. The fourth-order valence-electron chi connectivity index (χ4n) is 4.52. The number of nitrogens with one attached hydrogen (secondary N) is 2. The van der Waals surface area contributed by atoms with Gasteiger partial charge >= 0.3 is 0 Å². The molecule has 1 aliphatic carbocycles. The third-order valence-electron chi connectivity index (χ3n) is 6.37. The number of piperidine rings is 1. The summed E-state index contributed by atoms with van der Waals surface area (Å²) < 4.78 is 0. The molecule has 1 aromatic carbocycles. The quantitative estimate of drug-likeness (QED) is 0.726. The van der Waals surface area contributed by atoms with Crippen molar-refractivity contribution in [2.75, 3.05) is 33.2 Å². The van der Waals surface area contributed by atoms with Crippen LogP contribution in [0.4, 0.5) is 0 Å². The summed E-state index contributed by atoms with van der Waals surface area (Å²) in [7, 11) is 1.96. The fraction of sp³-hybridized carbons (Fsp3) is 0.591. The zero-order valence-electron chi connectivity index (χ0n) is 17.0. The van der Waals surface area contributed by atoms with Gasteiger partial charge in [0.1, 0.15) is 6.04 Å². The molecule has 3 aliphatic rings. The van der Waals surface area contributed by atoms with Crippen LogP contribution in [0.25, 0.3) is 0 Å². The lowest BCUT2D eigenvalue weighted by molar-refractivity contribution is -0.135. The largest absolute Gasteiger partial charge is 0.345 e. The van der Waals surface area contributed by atoms with Crippen molar-refractivity contribution >= 4 is 17.7 Å². The molecule has 0 aromatic heterocycles. The molecular weight excluding hydrogens is 368 g/mol. The molecule has 2 heterocycles. The lowest BCUT2D eigenvalue weighted by atomic mass is 9.93. The van der Waals surface area contributed by atoms with Crippen molar-refractivity contribution < 1.29 is 14.4 Å². The second kappa shape index (κ2) is 8.53. The molecule has 7 nitrogen and oxygen atoms in total. The van der Waals surface area contributed by atoms with E-state index in [2.05, 4.69) is 10.6 Å². The Morgan fingerprint density at radius 2 is 1.83 bits per heavy atom. The molecule has 29 heavy (non-hydrogen) atoms. The summed E-state index contributed by atoms with van der Waals surface area (Å²) in [5, 5.41) is 5.99. The van der Waals surface area contributed by atoms with E-state index < -0.39 is 6.04 Å². The number of carbonyl (C=O) groups excluding carboxylic acids is 3. The van der Waals surface area contributed by atoms with E-state index in [0.29, 0.717) is 11.5 Å². The molecule has 1 saturated carbocycles. The number of amides is 3. The molecule has 1 unspecified atom stereocenters. The Bertz CT molecular complexity index is 784. The molecule has 1 saturated heterocycles. The monoisotopic (exact) mass is 398 g/mol. The van der Waals surface area contributed by atoms with E-state index >= 15 is 0 Å². The second-order valence-corrected chi connectivity index (χ2v) is 8.37. The molecule has 0 radical (unpaired) electrons. The topological polar surface area (TPSA) is 81.8 Å². The van der Waals surface area contributed by atoms with Crippen molar-refractivity contribution in [1.82, 2.24) is 20.4 Å². The summed E-state index contributed by atoms with van der Waals surface area (Å²) in [4.78, 5) is 41.9. The van der Waals surface area contributed by atoms with Crippen LogP contribution >= 0.6 is 0 Å². The first-order chi connectivity index (χ1) is 14.1. The second-order valence-electron chi connectivity index (χ2n) is 8.37. The summed E-state index contributed by atoms with van der Waals surface area (Å²) in [6, 6.07) is 6.82. The van der Waals surface area contributed by atoms with Crippen LogP contribution in [0.3, 0.4) is 0 Å². The van der Waals surface area contributed by atoms with Gasteiger partial charge in [-0.05, 0) is 63.2 Å². The Labute approximate surface area is 171 Å². The van der Waals surface area contributed by atoms with Gasteiger partial charge in [-0.2, -0.15) is 0 Å². The van der Waals surface area contributed by atoms with Crippen molar-refractivity contribution in [2.24, 2.45) is 5.92 Å². The van der Waals surface area contributed by atoms with E-state index in [1.165, 1.54) is 0 Å². The summed E-state index contributed by atoms with van der Waals surface area (Å²) in [6.07, 6.45) is 5.04. The van der Waals surface area contributed by atoms with Gasteiger partial charge in [-0.1, -0.05) is 18.2 Å². The van der Waals surface area contributed by atoms with E-state index in [1.807, 2.05) is 30.1 Å². The lowest BCUT2D eigenvalue weighted by Crippen LogP contribution is -2.47. The molecule has 2 aliphatic heterocycles. The first-order valence-electron chi connectivity index (χ1n) is 10.7. The number of likely N-dealkylation sites (tertiary alicyclic amines) is 1. The molecule has 1 aromatic rings. The van der Waals surface area contributed by atoms with E-state index in [9.17, 15) is 14.4 Å². The number of nitrogens with zero attached hydrogens (tertiary/aromatic N) is 2. The minimum absolute atomic E-state index is 0.00855. The first-order valence-corrected chi connectivity index (χ1v) is 10.7. The Morgan fingerprint density at radius 3 is 2.52 bits per heavy atom. The van der Waals surface area contributed by atoms with Crippen LogP contribution in [0.2, 0.25) is 0 Å². The fourth-order valence-corrected chi connectivity index (χ4v) is 4.52. The Balaban J connectivity index is 1.33. The molecule has 3 amide bonds.